The van der Waals surface area contributed by atoms with Crippen molar-refractivity contribution in [2.75, 3.05) is 0 Å². The molecule has 1 aromatic heterocycles. The van der Waals surface area contributed by atoms with Gasteiger partial charge in [-0.2, -0.15) is 0 Å². The molecule has 1 aliphatic carbocycles. The van der Waals surface area contributed by atoms with Gasteiger partial charge in [-0.1, -0.05) is 73.6 Å². The van der Waals surface area contributed by atoms with Crippen LogP contribution in [0.15, 0.2) is 89.0 Å². The van der Waals surface area contributed by atoms with Crippen LogP contribution in [0.1, 0.15) is 86.5 Å². The Morgan fingerprint density at radius 2 is 1.79 bits per heavy atom. The lowest BCUT2D eigenvalue weighted by Crippen LogP contribution is -2.17. The number of hydrogen-bond acceptors (Lipinski definition) is 5. The Morgan fingerprint density at radius 3 is 2.49 bits per heavy atom. The van der Waals surface area contributed by atoms with Gasteiger partial charge in [-0.25, -0.2) is 14.7 Å². The normalized spacial score (nSPS) is 20.6. The molecular weight excluding hydrogens is 621 g/mol. The molecule has 1 amide bonds. The average Bonchev–Trinajstić information content (AvgIpc) is 3.77. The smallest absolute Gasteiger partial charge is 0.406 e. The quantitative estimate of drug-likeness (QED) is 0.189. The lowest BCUT2D eigenvalue weighted by atomic mass is 9.84. The summed E-state index contributed by atoms with van der Waals surface area (Å²) >= 11 is 1.58. The van der Waals surface area contributed by atoms with Crippen LogP contribution in [-0.2, 0) is 4.79 Å². The van der Waals surface area contributed by atoms with Crippen LogP contribution < -0.4 is 4.74 Å². The van der Waals surface area contributed by atoms with Gasteiger partial charge in [0.2, 0.25) is 5.91 Å². The lowest BCUT2D eigenvalue weighted by molar-refractivity contribution is -0.274. The highest BCUT2D eigenvalue weighted by atomic mass is 32.2. The van der Waals surface area contributed by atoms with Crippen molar-refractivity contribution in [3.8, 4) is 22.8 Å². The molecule has 0 spiro atoms. The van der Waals surface area contributed by atoms with Crippen molar-refractivity contribution in [1.82, 2.24) is 14.8 Å². The number of carbonyl (C=O) groups is 1. The van der Waals surface area contributed by atoms with E-state index in [0.29, 0.717) is 35.7 Å². The number of rotatable bonds is 8. The molecule has 6 rings (SSSR count). The zero-order chi connectivity index (χ0) is 33.3. The molecule has 0 N–H and O–H groups in total. The third-order valence-electron chi connectivity index (χ3n) is 9.02. The second-order valence-electron chi connectivity index (χ2n) is 12.7. The van der Waals surface area contributed by atoms with E-state index in [0.717, 1.165) is 29.9 Å². The molecule has 6 nitrogen and oxygen atoms in total. The highest BCUT2D eigenvalue weighted by Crippen LogP contribution is 2.43. The van der Waals surface area contributed by atoms with Crippen LogP contribution in [0.25, 0.3) is 17.1 Å². The molecule has 1 fully saturated rings. The molecule has 3 aromatic carbocycles. The first-order chi connectivity index (χ1) is 22.4. The van der Waals surface area contributed by atoms with Crippen LogP contribution >= 0.6 is 11.8 Å². The summed E-state index contributed by atoms with van der Waals surface area (Å²) in [7, 11) is 0. The summed E-state index contributed by atoms with van der Waals surface area (Å²) in [5, 5.41) is 7.52. The number of benzene rings is 3. The number of carbonyl (C=O) groups excluding carboxylic acids is 1. The first-order valence-corrected chi connectivity index (χ1v) is 16.8. The SMILES string of the molecule is CC1=CSC(=NC(=O)CC2CCC(c3ccc(-c4ncn(-c5ccc(OC(F)(F)F)cc5)n4)cc3)C2)C1c1cccc(C)c1C(C)C. The monoisotopic (exact) mass is 658 g/mol. The fourth-order valence-corrected chi connectivity index (χ4v) is 7.95. The zero-order valence-corrected chi connectivity index (χ0v) is 27.6. The summed E-state index contributed by atoms with van der Waals surface area (Å²) in [6.45, 7) is 8.72. The molecule has 2 aliphatic rings. The van der Waals surface area contributed by atoms with Gasteiger partial charge in [0, 0.05) is 12.0 Å². The summed E-state index contributed by atoms with van der Waals surface area (Å²) in [5.41, 5.74) is 7.73. The van der Waals surface area contributed by atoms with E-state index in [2.05, 4.69) is 83.2 Å². The minimum Gasteiger partial charge on any atom is -0.406 e. The molecule has 0 saturated heterocycles. The van der Waals surface area contributed by atoms with Gasteiger partial charge in [-0.05, 0) is 103 Å². The van der Waals surface area contributed by atoms with Gasteiger partial charge < -0.3 is 4.74 Å². The Kier molecular flexibility index (Phi) is 9.41. The van der Waals surface area contributed by atoms with E-state index >= 15 is 0 Å². The molecule has 4 aromatic rings. The maximum absolute atomic E-state index is 13.3. The number of aliphatic imine (C=N–C) groups is 1. The molecule has 47 heavy (non-hydrogen) atoms. The summed E-state index contributed by atoms with van der Waals surface area (Å²) in [5.74, 6) is 1.27. The fourth-order valence-electron chi connectivity index (χ4n) is 6.90. The van der Waals surface area contributed by atoms with Gasteiger partial charge >= 0.3 is 6.36 Å². The highest BCUT2D eigenvalue weighted by molar-refractivity contribution is 8.17. The molecule has 3 unspecified atom stereocenters. The van der Waals surface area contributed by atoms with Gasteiger partial charge in [-0.3, -0.25) is 4.79 Å². The number of aryl methyl sites for hydroxylation is 1. The van der Waals surface area contributed by atoms with Crippen molar-refractivity contribution in [2.24, 2.45) is 10.9 Å². The molecule has 1 aliphatic heterocycles. The molecular formula is C37H37F3N4O2S. The van der Waals surface area contributed by atoms with Gasteiger partial charge in [0.05, 0.1) is 16.6 Å². The molecule has 10 heteroatoms. The van der Waals surface area contributed by atoms with E-state index in [1.54, 1.807) is 11.8 Å². The Hall–Kier alpha value is -4.18. The molecule has 3 atom stereocenters. The fraction of sp³-hybridized carbons (Fsp3) is 0.351. The van der Waals surface area contributed by atoms with Crippen molar-refractivity contribution in [3.63, 3.8) is 0 Å². The number of thioether (sulfide) groups is 1. The minimum absolute atomic E-state index is 0.0374. The zero-order valence-electron chi connectivity index (χ0n) is 26.8. The van der Waals surface area contributed by atoms with E-state index in [9.17, 15) is 18.0 Å². The highest BCUT2D eigenvalue weighted by Gasteiger charge is 2.32. The first-order valence-electron chi connectivity index (χ1n) is 15.9. The van der Waals surface area contributed by atoms with Crippen molar-refractivity contribution < 1.29 is 22.7 Å². The van der Waals surface area contributed by atoms with Crippen LogP contribution in [0, 0.1) is 12.8 Å². The van der Waals surface area contributed by atoms with Gasteiger partial charge in [0.15, 0.2) is 5.82 Å². The second-order valence-corrected chi connectivity index (χ2v) is 13.6. The van der Waals surface area contributed by atoms with E-state index in [1.165, 1.54) is 63.1 Å². The van der Waals surface area contributed by atoms with E-state index < -0.39 is 6.36 Å². The number of aromatic nitrogens is 3. The summed E-state index contributed by atoms with van der Waals surface area (Å²) < 4.78 is 42.8. The standard InChI is InChI=1S/C37H37F3N4O2S/c1-22(2)33-23(3)6-5-7-31(33)34-24(4)20-47-36(34)42-32(45)19-25-8-9-28(18-25)26-10-12-27(13-11-26)35-41-21-44(43-35)29-14-16-30(17-15-29)46-37(38,39)40/h5-7,10-17,20-22,25,28,34H,8-9,18-19H2,1-4H3. The summed E-state index contributed by atoms with van der Waals surface area (Å²) in [6.07, 6.45) is 0.201. The average molecular weight is 659 g/mol. The second kappa shape index (κ2) is 13.5. The number of alkyl halides is 3. The molecule has 244 valence electrons. The largest absolute Gasteiger partial charge is 0.573 e. The minimum atomic E-state index is -4.74. The van der Waals surface area contributed by atoms with Crippen molar-refractivity contribution in [1.29, 1.82) is 0 Å². The van der Waals surface area contributed by atoms with Gasteiger partial charge in [0.1, 0.15) is 12.1 Å². The molecule has 0 radical (unpaired) electrons. The van der Waals surface area contributed by atoms with Crippen molar-refractivity contribution >= 4 is 22.7 Å². The third kappa shape index (κ3) is 7.53. The van der Waals surface area contributed by atoms with Gasteiger partial charge in [0.25, 0.3) is 0 Å². The maximum Gasteiger partial charge on any atom is 0.573 e. The third-order valence-corrected chi connectivity index (χ3v) is 10.1. The Bertz CT molecular complexity index is 1810. The Labute approximate surface area is 277 Å². The Balaban J connectivity index is 1.07. The van der Waals surface area contributed by atoms with E-state index in [1.807, 2.05) is 12.1 Å². The molecule has 0 bridgehead atoms. The van der Waals surface area contributed by atoms with Crippen LogP contribution in [-0.4, -0.2) is 32.1 Å². The maximum atomic E-state index is 13.3. The van der Waals surface area contributed by atoms with E-state index in [-0.39, 0.29) is 17.6 Å². The molecule has 1 saturated carbocycles. The van der Waals surface area contributed by atoms with Crippen LogP contribution in [0.4, 0.5) is 13.2 Å². The number of nitrogens with zero attached hydrogens (tertiary/aromatic N) is 4. The summed E-state index contributed by atoms with van der Waals surface area (Å²) in [6, 6.07) is 20.1. The van der Waals surface area contributed by atoms with Crippen LogP contribution in [0.3, 0.4) is 0 Å². The first kappa shape index (κ1) is 32.7. The Morgan fingerprint density at radius 1 is 1.04 bits per heavy atom. The summed E-state index contributed by atoms with van der Waals surface area (Å²) in [4.78, 5) is 22.3. The van der Waals surface area contributed by atoms with E-state index in [4.69, 9.17) is 0 Å². The number of ether oxygens (including phenoxy) is 1. The van der Waals surface area contributed by atoms with Crippen LogP contribution in [0.2, 0.25) is 0 Å². The molecule has 2 heterocycles. The predicted octanol–water partition coefficient (Wildman–Crippen LogP) is 9.90. The van der Waals surface area contributed by atoms with Crippen molar-refractivity contribution in [2.45, 2.75) is 77.5 Å². The number of hydrogen-bond donors (Lipinski definition) is 0. The lowest BCUT2D eigenvalue weighted by Gasteiger charge is -2.22. The number of amides is 1. The topological polar surface area (TPSA) is 69.4 Å². The predicted molar refractivity (Wildman–Crippen MR) is 180 cm³/mol. The number of allylic oxidation sites excluding steroid dienone is 1. The van der Waals surface area contributed by atoms with Crippen molar-refractivity contribution in [3.05, 3.63) is 106 Å². The van der Waals surface area contributed by atoms with Gasteiger partial charge in [-0.15, -0.1) is 18.3 Å². The van der Waals surface area contributed by atoms with Crippen LogP contribution in [0.5, 0.6) is 5.75 Å². The number of halogens is 3.